The molecule has 1 N–H and O–H groups in total. The van der Waals surface area contributed by atoms with E-state index in [9.17, 15) is 0 Å². The fourth-order valence-corrected chi connectivity index (χ4v) is 1.11. The second-order valence-electron chi connectivity index (χ2n) is 2.64. The van der Waals surface area contributed by atoms with Crippen LogP contribution in [-0.4, -0.2) is 34.7 Å². The van der Waals surface area contributed by atoms with Gasteiger partial charge in [0.25, 0.3) is 0 Å². The highest BCUT2D eigenvalue weighted by atomic mass is 35.5. The molecule has 0 bridgehead atoms. The smallest absolute Gasteiger partial charge is 0.0814 e. The summed E-state index contributed by atoms with van der Waals surface area (Å²) >= 11 is 5.81. The van der Waals surface area contributed by atoms with E-state index in [1.165, 1.54) is 0 Å². The molecule has 0 atom stereocenters. The molecule has 0 saturated carbocycles. The highest BCUT2D eigenvalue weighted by Crippen LogP contribution is 2.12. The summed E-state index contributed by atoms with van der Waals surface area (Å²) in [5, 5.41) is 13.2. The van der Waals surface area contributed by atoms with Crippen molar-refractivity contribution in [2.24, 2.45) is 0 Å². The number of nitrogens with zero attached hydrogens (tertiary/aromatic N) is 2. The van der Waals surface area contributed by atoms with Crippen LogP contribution in [0.4, 0.5) is 0 Å². The van der Waals surface area contributed by atoms with E-state index >= 15 is 0 Å². The summed E-state index contributed by atoms with van der Waals surface area (Å²) in [5.74, 6) is 0. The van der Waals surface area contributed by atoms with Gasteiger partial charge in [-0.05, 0) is 6.92 Å². The van der Waals surface area contributed by atoms with Gasteiger partial charge in [0.05, 0.1) is 43.3 Å². The molecule has 0 aliphatic carbocycles. The lowest BCUT2D eigenvalue weighted by Gasteiger charge is -2.04. The lowest BCUT2D eigenvalue weighted by atomic mass is 10.5. The largest absolute Gasteiger partial charge is 0.394 e. The van der Waals surface area contributed by atoms with Gasteiger partial charge in [-0.25, -0.2) is 0 Å². The number of halogens is 1. The fraction of sp³-hybridized carbons (Fsp3) is 0.625. The fourth-order valence-electron chi connectivity index (χ4n) is 0.967. The van der Waals surface area contributed by atoms with Crippen LogP contribution >= 0.6 is 11.6 Å². The Kier molecular flexibility index (Phi) is 4.21. The Morgan fingerprint density at radius 2 is 2.38 bits per heavy atom. The molecule has 0 amide bonds. The third-order valence-corrected chi connectivity index (χ3v) is 2.10. The molecule has 74 valence electrons. The number of aromatic nitrogens is 2. The monoisotopic (exact) mass is 204 g/mol. The van der Waals surface area contributed by atoms with Gasteiger partial charge >= 0.3 is 0 Å². The molecule has 0 saturated heterocycles. The highest BCUT2D eigenvalue weighted by Gasteiger charge is 2.02. The Labute approximate surface area is 82.1 Å². The molecule has 13 heavy (non-hydrogen) atoms. The molecule has 4 nitrogen and oxygen atoms in total. The second-order valence-corrected chi connectivity index (χ2v) is 3.04. The predicted molar refractivity (Wildman–Crippen MR) is 49.9 cm³/mol. The third kappa shape index (κ3) is 2.99. The van der Waals surface area contributed by atoms with Crippen molar-refractivity contribution in [3.05, 3.63) is 16.9 Å². The van der Waals surface area contributed by atoms with Gasteiger partial charge in [0.15, 0.2) is 0 Å². The molecular weight excluding hydrogens is 192 g/mol. The van der Waals surface area contributed by atoms with Crippen molar-refractivity contribution in [1.29, 1.82) is 0 Å². The minimum atomic E-state index is 0.0544. The van der Waals surface area contributed by atoms with E-state index in [0.717, 1.165) is 5.69 Å². The Bertz CT molecular complexity index is 263. The average Bonchev–Trinajstić information content (AvgIpc) is 2.43. The Morgan fingerprint density at radius 1 is 1.62 bits per heavy atom. The molecule has 0 fully saturated rings. The van der Waals surface area contributed by atoms with Gasteiger partial charge in [0.1, 0.15) is 0 Å². The van der Waals surface area contributed by atoms with Gasteiger partial charge in [-0.2, -0.15) is 5.10 Å². The number of aliphatic hydroxyl groups is 1. The summed E-state index contributed by atoms with van der Waals surface area (Å²) < 4.78 is 6.87. The Morgan fingerprint density at radius 3 is 2.92 bits per heavy atom. The quantitative estimate of drug-likeness (QED) is 0.724. The van der Waals surface area contributed by atoms with Crippen LogP contribution in [0.15, 0.2) is 6.20 Å². The van der Waals surface area contributed by atoms with E-state index in [2.05, 4.69) is 5.10 Å². The van der Waals surface area contributed by atoms with E-state index in [4.69, 9.17) is 21.4 Å². The summed E-state index contributed by atoms with van der Waals surface area (Å²) in [7, 11) is 0. The van der Waals surface area contributed by atoms with Crippen molar-refractivity contribution in [2.45, 2.75) is 13.5 Å². The molecular formula is C8H13ClN2O2. The summed E-state index contributed by atoms with van der Waals surface area (Å²) in [6.07, 6.45) is 1.61. The molecule has 0 aliphatic heterocycles. The molecule has 5 heteroatoms. The summed E-state index contributed by atoms with van der Waals surface area (Å²) in [6, 6.07) is 0. The van der Waals surface area contributed by atoms with Crippen molar-refractivity contribution < 1.29 is 9.84 Å². The number of hydrogen-bond donors (Lipinski definition) is 1. The van der Waals surface area contributed by atoms with Crippen LogP contribution < -0.4 is 0 Å². The zero-order valence-corrected chi connectivity index (χ0v) is 8.29. The first kappa shape index (κ1) is 10.5. The first-order valence-electron chi connectivity index (χ1n) is 4.12. The number of aliphatic hydroxyl groups excluding tert-OH is 1. The van der Waals surface area contributed by atoms with Crippen LogP contribution in [0.2, 0.25) is 5.02 Å². The Hall–Kier alpha value is -0.580. The first-order chi connectivity index (χ1) is 6.25. The zero-order chi connectivity index (χ0) is 9.68. The lowest BCUT2D eigenvalue weighted by Crippen LogP contribution is -2.10. The van der Waals surface area contributed by atoms with E-state index in [1.54, 1.807) is 10.9 Å². The molecule has 1 aromatic rings. The zero-order valence-electron chi connectivity index (χ0n) is 7.53. The van der Waals surface area contributed by atoms with Gasteiger partial charge < -0.3 is 9.84 Å². The van der Waals surface area contributed by atoms with Gasteiger partial charge in [-0.3, -0.25) is 4.68 Å². The van der Waals surface area contributed by atoms with Crippen LogP contribution in [0.1, 0.15) is 5.69 Å². The molecule has 0 spiro atoms. The maximum absolute atomic E-state index is 8.45. The van der Waals surface area contributed by atoms with Gasteiger partial charge in [0, 0.05) is 0 Å². The van der Waals surface area contributed by atoms with Crippen LogP contribution in [0.3, 0.4) is 0 Å². The molecule has 1 heterocycles. The number of hydrogen-bond acceptors (Lipinski definition) is 3. The molecule has 0 aromatic carbocycles. The Balaban J connectivity index is 2.32. The number of rotatable bonds is 5. The maximum Gasteiger partial charge on any atom is 0.0814 e. The molecule has 0 aliphatic rings. The van der Waals surface area contributed by atoms with Gasteiger partial charge in [0.2, 0.25) is 0 Å². The van der Waals surface area contributed by atoms with Crippen LogP contribution in [0.5, 0.6) is 0 Å². The maximum atomic E-state index is 8.45. The van der Waals surface area contributed by atoms with Crippen molar-refractivity contribution in [3.63, 3.8) is 0 Å². The molecule has 1 rings (SSSR count). The van der Waals surface area contributed by atoms with Crippen molar-refractivity contribution in [2.75, 3.05) is 19.8 Å². The normalized spacial score (nSPS) is 10.7. The topological polar surface area (TPSA) is 47.3 Å². The highest BCUT2D eigenvalue weighted by molar-refractivity contribution is 6.31. The van der Waals surface area contributed by atoms with Crippen LogP contribution in [-0.2, 0) is 11.3 Å². The summed E-state index contributed by atoms with van der Waals surface area (Å²) in [5.41, 5.74) is 0.939. The molecule has 0 unspecified atom stereocenters. The van der Waals surface area contributed by atoms with E-state index in [0.29, 0.717) is 24.8 Å². The minimum absolute atomic E-state index is 0.0544. The third-order valence-electron chi connectivity index (χ3n) is 1.73. The van der Waals surface area contributed by atoms with Gasteiger partial charge in [-0.15, -0.1) is 0 Å². The lowest BCUT2D eigenvalue weighted by molar-refractivity contribution is 0.0851. The summed E-state index contributed by atoms with van der Waals surface area (Å²) in [6.45, 7) is 3.53. The van der Waals surface area contributed by atoms with Gasteiger partial charge in [-0.1, -0.05) is 11.6 Å². The minimum Gasteiger partial charge on any atom is -0.394 e. The predicted octanol–water partition coefficient (Wildman–Crippen LogP) is 0.854. The summed E-state index contributed by atoms with van der Waals surface area (Å²) in [4.78, 5) is 0. The van der Waals surface area contributed by atoms with E-state index in [1.807, 2.05) is 6.92 Å². The van der Waals surface area contributed by atoms with E-state index in [-0.39, 0.29) is 6.61 Å². The van der Waals surface area contributed by atoms with Crippen molar-refractivity contribution >= 4 is 11.6 Å². The van der Waals surface area contributed by atoms with Crippen molar-refractivity contribution in [3.8, 4) is 0 Å². The second kappa shape index (κ2) is 5.21. The molecule has 1 aromatic heterocycles. The SMILES string of the molecule is Cc1c(Cl)cnn1CCOCCO. The average molecular weight is 205 g/mol. The first-order valence-corrected chi connectivity index (χ1v) is 4.50. The van der Waals surface area contributed by atoms with Crippen molar-refractivity contribution in [1.82, 2.24) is 9.78 Å². The molecule has 0 radical (unpaired) electrons. The standard InChI is InChI=1S/C8H13ClN2O2/c1-7-8(9)6-10-11(7)2-4-13-5-3-12/h6,12H,2-5H2,1H3. The van der Waals surface area contributed by atoms with Crippen LogP contribution in [0.25, 0.3) is 0 Å². The van der Waals surface area contributed by atoms with Crippen LogP contribution in [0, 0.1) is 6.92 Å². The van der Waals surface area contributed by atoms with E-state index < -0.39 is 0 Å². The number of ether oxygens (including phenoxy) is 1.